The summed E-state index contributed by atoms with van der Waals surface area (Å²) in [5.41, 5.74) is 2.25. The lowest BCUT2D eigenvalue weighted by molar-refractivity contribution is 0.185. The van der Waals surface area contributed by atoms with E-state index in [1.165, 1.54) is 0 Å². The molecule has 0 aliphatic heterocycles. The van der Waals surface area contributed by atoms with Gasteiger partial charge in [-0.1, -0.05) is 72.8 Å². The van der Waals surface area contributed by atoms with E-state index < -0.39 is 0 Å². The van der Waals surface area contributed by atoms with Crippen LogP contribution in [0.5, 0.6) is 0 Å². The molecule has 124 valence electrons. The molecule has 0 saturated carbocycles. The summed E-state index contributed by atoms with van der Waals surface area (Å²) in [4.78, 5) is 0. The van der Waals surface area contributed by atoms with Crippen molar-refractivity contribution in [3.8, 4) is 0 Å². The number of hydrogen-bond donors (Lipinski definition) is 0. The van der Waals surface area contributed by atoms with Crippen LogP contribution in [-0.2, 0) is 9.47 Å². The van der Waals surface area contributed by atoms with Gasteiger partial charge in [0, 0.05) is 0 Å². The van der Waals surface area contributed by atoms with Gasteiger partial charge >= 0.3 is 0 Å². The molecule has 0 amide bonds. The molecular formula is C22H24O2. The maximum Gasteiger partial charge on any atom is 0.161 e. The number of allylic oxidation sites excluding steroid dienone is 2. The average Bonchev–Trinajstić information content (AvgIpc) is 2.64. The molecule has 0 radical (unpaired) electrons. The van der Waals surface area contributed by atoms with Crippen LogP contribution < -0.4 is 0 Å². The smallest absolute Gasteiger partial charge is 0.161 e. The third kappa shape index (κ3) is 5.81. The molecule has 0 heterocycles. The van der Waals surface area contributed by atoms with E-state index in [1.54, 1.807) is 0 Å². The van der Waals surface area contributed by atoms with E-state index >= 15 is 0 Å². The minimum Gasteiger partial charge on any atom is -0.490 e. The summed E-state index contributed by atoms with van der Waals surface area (Å²) >= 11 is 0. The molecule has 0 aromatic heterocycles. The molecule has 2 nitrogen and oxygen atoms in total. The molecule has 2 aromatic rings. The highest BCUT2D eigenvalue weighted by atomic mass is 16.5. The van der Waals surface area contributed by atoms with E-state index in [0.29, 0.717) is 13.2 Å². The second-order valence-electron chi connectivity index (χ2n) is 5.08. The molecule has 24 heavy (non-hydrogen) atoms. The largest absolute Gasteiger partial charge is 0.490 e. The summed E-state index contributed by atoms with van der Waals surface area (Å²) in [6.07, 6.45) is 7.97. The lowest BCUT2D eigenvalue weighted by Gasteiger charge is -2.11. The normalized spacial score (nSPS) is 12.4. The standard InChI is InChI=1S/C22H24O2/c1-3-23-21(17-15-19-11-7-5-8-12-19)22(24-4-2)18-16-20-13-9-6-10-14-20/h5-18H,3-4H2,1-2H3/b17-15+,18-16+,22-21-. The molecule has 0 fully saturated rings. The zero-order valence-corrected chi connectivity index (χ0v) is 14.3. The number of ether oxygens (including phenoxy) is 2. The number of rotatable bonds is 8. The van der Waals surface area contributed by atoms with Crippen molar-refractivity contribution in [3.05, 3.63) is 95.5 Å². The van der Waals surface area contributed by atoms with Gasteiger partial charge in [0.25, 0.3) is 0 Å². The molecule has 2 aromatic carbocycles. The minimum atomic E-state index is 0.588. The molecule has 0 spiro atoms. The SMILES string of the molecule is CCOC(/C=C/c1ccccc1)=C(/C=C/c1ccccc1)OCC. The zero-order chi connectivity index (χ0) is 17.0. The Morgan fingerprint density at radius 3 is 1.38 bits per heavy atom. The van der Waals surface area contributed by atoms with Crippen LogP contribution in [0.3, 0.4) is 0 Å². The Hall–Kier alpha value is -2.74. The Morgan fingerprint density at radius 1 is 0.667 bits per heavy atom. The van der Waals surface area contributed by atoms with Gasteiger partial charge in [0.15, 0.2) is 11.5 Å². The summed E-state index contributed by atoms with van der Waals surface area (Å²) in [6.45, 7) is 5.12. The van der Waals surface area contributed by atoms with Crippen LogP contribution >= 0.6 is 0 Å². The van der Waals surface area contributed by atoms with Crippen molar-refractivity contribution in [3.63, 3.8) is 0 Å². The third-order valence-electron chi connectivity index (χ3n) is 3.30. The van der Waals surface area contributed by atoms with Gasteiger partial charge in [-0.2, -0.15) is 0 Å². The van der Waals surface area contributed by atoms with Gasteiger partial charge in [-0.05, 0) is 37.1 Å². The maximum absolute atomic E-state index is 5.78. The van der Waals surface area contributed by atoms with Crippen LogP contribution in [0.15, 0.2) is 84.3 Å². The van der Waals surface area contributed by atoms with Crippen LogP contribution in [0.4, 0.5) is 0 Å². The average molecular weight is 320 g/mol. The Bertz CT molecular complexity index is 621. The predicted octanol–water partition coefficient (Wildman–Crippen LogP) is 5.70. The summed E-state index contributed by atoms with van der Waals surface area (Å²) < 4.78 is 11.6. The molecule has 0 saturated heterocycles. The first-order chi connectivity index (χ1) is 11.8. The van der Waals surface area contributed by atoms with E-state index in [4.69, 9.17) is 9.47 Å². The first-order valence-corrected chi connectivity index (χ1v) is 8.29. The lowest BCUT2D eigenvalue weighted by Crippen LogP contribution is -1.98. The predicted molar refractivity (Wildman–Crippen MR) is 101 cm³/mol. The summed E-state index contributed by atoms with van der Waals surface area (Å²) in [7, 11) is 0. The van der Waals surface area contributed by atoms with Crippen molar-refractivity contribution in [1.29, 1.82) is 0 Å². The van der Waals surface area contributed by atoms with E-state index in [0.717, 1.165) is 22.6 Å². The minimum absolute atomic E-state index is 0.588. The maximum atomic E-state index is 5.78. The quantitative estimate of drug-likeness (QED) is 0.459. The molecule has 0 bridgehead atoms. The highest BCUT2D eigenvalue weighted by Crippen LogP contribution is 2.16. The first kappa shape index (κ1) is 17.6. The molecule has 0 N–H and O–H groups in total. The van der Waals surface area contributed by atoms with Crippen molar-refractivity contribution < 1.29 is 9.47 Å². The van der Waals surface area contributed by atoms with E-state index in [9.17, 15) is 0 Å². The Morgan fingerprint density at radius 2 is 1.04 bits per heavy atom. The van der Waals surface area contributed by atoms with Crippen molar-refractivity contribution in [2.24, 2.45) is 0 Å². The number of benzene rings is 2. The van der Waals surface area contributed by atoms with Crippen molar-refractivity contribution in [2.45, 2.75) is 13.8 Å². The Labute approximate surface area is 144 Å². The van der Waals surface area contributed by atoms with Crippen LogP contribution in [0.2, 0.25) is 0 Å². The Kier molecular flexibility index (Phi) is 7.42. The number of hydrogen-bond acceptors (Lipinski definition) is 2. The van der Waals surface area contributed by atoms with Crippen LogP contribution in [0.25, 0.3) is 12.2 Å². The lowest BCUT2D eigenvalue weighted by atomic mass is 10.2. The van der Waals surface area contributed by atoms with Gasteiger partial charge in [0.1, 0.15) is 0 Å². The third-order valence-corrected chi connectivity index (χ3v) is 3.30. The molecule has 0 aliphatic rings. The van der Waals surface area contributed by atoms with E-state index in [1.807, 2.05) is 74.5 Å². The summed E-state index contributed by atoms with van der Waals surface area (Å²) in [6, 6.07) is 20.3. The fourth-order valence-electron chi connectivity index (χ4n) is 2.19. The fourth-order valence-corrected chi connectivity index (χ4v) is 2.19. The highest BCUT2D eigenvalue weighted by Gasteiger charge is 2.04. The van der Waals surface area contributed by atoms with Gasteiger partial charge in [-0.15, -0.1) is 0 Å². The molecule has 0 aliphatic carbocycles. The van der Waals surface area contributed by atoms with Crippen molar-refractivity contribution >= 4 is 12.2 Å². The highest BCUT2D eigenvalue weighted by molar-refractivity contribution is 5.55. The molecule has 2 rings (SSSR count). The van der Waals surface area contributed by atoms with Crippen LogP contribution in [-0.4, -0.2) is 13.2 Å². The summed E-state index contributed by atoms with van der Waals surface area (Å²) in [5, 5.41) is 0. The fraction of sp³-hybridized carbons (Fsp3) is 0.182. The second kappa shape index (κ2) is 10.1. The van der Waals surface area contributed by atoms with Crippen molar-refractivity contribution in [2.75, 3.05) is 13.2 Å². The van der Waals surface area contributed by atoms with Gasteiger partial charge in [0.2, 0.25) is 0 Å². The monoisotopic (exact) mass is 320 g/mol. The zero-order valence-electron chi connectivity index (χ0n) is 14.3. The Balaban J connectivity index is 2.28. The van der Waals surface area contributed by atoms with E-state index in [2.05, 4.69) is 24.3 Å². The van der Waals surface area contributed by atoms with Crippen molar-refractivity contribution in [1.82, 2.24) is 0 Å². The molecular weight excluding hydrogens is 296 g/mol. The van der Waals surface area contributed by atoms with Crippen LogP contribution in [0.1, 0.15) is 25.0 Å². The van der Waals surface area contributed by atoms with Gasteiger partial charge < -0.3 is 9.47 Å². The van der Waals surface area contributed by atoms with Gasteiger partial charge in [-0.3, -0.25) is 0 Å². The molecule has 0 unspecified atom stereocenters. The van der Waals surface area contributed by atoms with Gasteiger partial charge in [0.05, 0.1) is 13.2 Å². The summed E-state index contributed by atoms with van der Waals surface area (Å²) in [5.74, 6) is 1.46. The first-order valence-electron chi connectivity index (χ1n) is 8.29. The second-order valence-corrected chi connectivity index (χ2v) is 5.08. The van der Waals surface area contributed by atoms with E-state index in [-0.39, 0.29) is 0 Å². The molecule has 2 heteroatoms. The molecule has 0 atom stereocenters. The van der Waals surface area contributed by atoms with Gasteiger partial charge in [-0.25, -0.2) is 0 Å². The van der Waals surface area contributed by atoms with Crippen LogP contribution in [0, 0.1) is 0 Å². The topological polar surface area (TPSA) is 18.5 Å².